The van der Waals surface area contributed by atoms with Crippen LogP contribution in [0.15, 0.2) is 0 Å². The van der Waals surface area contributed by atoms with Gasteiger partial charge in [0.1, 0.15) is 6.10 Å². The molecule has 0 aromatic rings. The molecule has 0 spiro atoms. The lowest BCUT2D eigenvalue weighted by atomic mass is 10.3. The van der Waals surface area contributed by atoms with Gasteiger partial charge < -0.3 is 15.3 Å². The van der Waals surface area contributed by atoms with Crippen molar-refractivity contribution in [3.8, 4) is 0 Å². The van der Waals surface area contributed by atoms with E-state index in [0.717, 1.165) is 25.9 Å². The van der Waals surface area contributed by atoms with E-state index in [2.05, 4.69) is 10.2 Å². The molecule has 1 heterocycles. The van der Waals surface area contributed by atoms with E-state index in [1.807, 2.05) is 0 Å². The minimum absolute atomic E-state index is 0.286. The number of aliphatic hydroxyl groups is 1. The first-order chi connectivity index (χ1) is 7.59. The molecule has 0 aliphatic carbocycles. The zero-order chi connectivity index (χ0) is 12.0. The molecule has 0 aromatic heterocycles. The Labute approximate surface area is 93.6 Å². The summed E-state index contributed by atoms with van der Waals surface area (Å²) in [5.41, 5.74) is 0. The number of hydrogen-bond acceptors (Lipinski definition) is 3. The molecule has 1 aliphatic rings. The molecular formula is C10H18F2N2O2. The predicted octanol–water partition coefficient (Wildman–Crippen LogP) is 0.215. The highest BCUT2D eigenvalue weighted by Crippen LogP contribution is 2.07. The van der Waals surface area contributed by atoms with Gasteiger partial charge in [-0.1, -0.05) is 0 Å². The fourth-order valence-corrected chi connectivity index (χ4v) is 1.66. The second kappa shape index (κ2) is 6.75. The Morgan fingerprint density at radius 1 is 1.38 bits per heavy atom. The van der Waals surface area contributed by atoms with Crippen LogP contribution in [0.4, 0.5) is 8.78 Å². The van der Waals surface area contributed by atoms with Crippen molar-refractivity contribution in [3.05, 3.63) is 0 Å². The highest BCUT2D eigenvalue weighted by atomic mass is 19.3. The summed E-state index contributed by atoms with van der Waals surface area (Å²) in [7, 11) is 0. The van der Waals surface area contributed by atoms with Gasteiger partial charge in [0.2, 0.25) is 5.91 Å². The van der Waals surface area contributed by atoms with Gasteiger partial charge in [-0.2, -0.15) is 0 Å². The fourth-order valence-electron chi connectivity index (χ4n) is 1.66. The molecule has 0 bridgehead atoms. The number of carbonyl (C=O) groups excluding carboxylic acids is 1. The third kappa shape index (κ3) is 4.85. The van der Waals surface area contributed by atoms with Crippen LogP contribution in [0.25, 0.3) is 0 Å². The van der Waals surface area contributed by atoms with Crippen molar-refractivity contribution in [1.82, 2.24) is 10.2 Å². The Morgan fingerprint density at radius 3 is 2.56 bits per heavy atom. The lowest BCUT2D eigenvalue weighted by Gasteiger charge is -2.15. The molecule has 0 radical (unpaired) electrons. The normalized spacial score (nSPS) is 19.0. The number of hydrogen-bond donors (Lipinski definition) is 2. The Morgan fingerprint density at radius 2 is 2.00 bits per heavy atom. The van der Waals surface area contributed by atoms with Crippen molar-refractivity contribution in [1.29, 1.82) is 0 Å². The standard InChI is InChI=1S/C10H18F2N2O2/c11-10(12)8(15)7-13-9(16)3-6-14-4-1-2-5-14/h8,10,15H,1-7H2,(H,13,16). The van der Waals surface area contributed by atoms with E-state index < -0.39 is 12.5 Å². The van der Waals surface area contributed by atoms with Crippen LogP contribution in [0.5, 0.6) is 0 Å². The number of likely N-dealkylation sites (tertiary alicyclic amines) is 1. The van der Waals surface area contributed by atoms with Gasteiger partial charge in [-0.05, 0) is 25.9 Å². The van der Waals surface area contributed by atoms with E-state index in [4.69, 9.17) is 5.11 Å². The fraction of sp³-hybridized carbons (Fsp3) is 0.900. The predicted molar refractivity (Wildman–Crippen MR) is 55.3 cm³/mol. The molecule has 2 N–H and O–H groups in total. The van der Waals surface area contributed by atoms with E-state index in [1.165, 1.54) is 0 Å². The molecule has 1 aliphatic heterocycles. The molecule has 1 saturated heterocycles. The van der Waals surface area contributed by atoms with Gasteiger partial charge in [0, 0.05) is 19.5 Å². The van der Waals surface area contributed by atoms with Gasteiger partial charge in [-0.25, -0.2) is 8.78 Å². The van der Waals surface area contributed by atoms with E-state index in [9.17, 15) is 13.6 Å². The maximum absolute atomic E-state index is 11.9. The van der Waals surface area contributed by atoms with Crippen LogP contribution in [0.2, 0.25) is 0 Å². The van der Waals surface area contributed by atoms with Crippen molar-refractivity contribution in [2.24, 2.45) is 0 Å². The summed E-state index contributed by atoms with van der Waals surface area (Å²) >= 11 is 0. The maximum Gasteiger partial charge on any atom is 0.265 e. The van der Waals surface area contributed by atoms with E-state index in [0.29, 0.717) is 13.0 Å². The van der Waals surface area contributed by atoms with Crippen molar-refractivity contribution in [3.63, 3.8) is 0 Å². The minimum Gasteiger partial charge on any atom is -0.385 e. The molecule has 0 aromatic carbocycles. The van der Waals surface area contributed by atoms with Gasteiger partial charge in [0.25, 0.3) is 6.43 Å². The van der Waals surface area contributed by atoms with Crippen LogP contribution in [-0.4, -0.2) is 54.6 Å². The van der Waals surface area contributed by atoms with Crippen molar-refractivity contribution < 1.29 is 18.7 Å². The summed E-state index contributed by atoms with van der Waals surface area (Å²) in [6.07, 6.45) is -1.96. The van der Waals surface area contributed by atoms with Gasteiger partial charge in [0.15, 0.2) is 0 Å². The molecular weight excluding hydrogens is 218 g/mol. The molecule has 1 unspecified atom stereocenters. The first-order valence-corrected chi connectivity index (χ1v) is 5.55. The molecule has 0 saturated carbocycles. The van der Waals surface area contributed by atoms with Gasteiger partial charge in [-0.3, -0.25) is 4.79 Å². The van der Waals surface area contributed by atoms with Crippen LogP contribution in [-0.2, 0) is 4.79 Å². The molecule has 1 fully saturated rings. The minimum atomic E-state index is -2.81. The number of nitrogens with zero attached hydrogens (tertiary/aromatic N) is 1. The number of nitrogens with one attached hydrogen (secondary N) is 1. The first-order valence-electron chi connectivity index (χ1n) is 5.55. The topological polar surface area (TPSA) is 52.6 Å². The highest BCUT2D eigenvalue weighted by Gasteiger charge is 2.18. The van der Waals surface area contributed by atoms with Gasteiger partial charge in [-0.15, -0.1) is 0 Å². The molecule has 1 atom stereocenters. The Hall–Kier alpha value is -0.750. The summed E-state index contributed by atoms with van der Waals surface area (Å²) in [6, 6.07) is 0. The highest BCUT2D eigenvalue weighted by molar-refractivity contribution is 5.76. The summed E-state index contributed by atoms with van der Waals surface area (Å²) in [5.74, 6) is -0.286. The van der Waals surface area contributed by atoms with Gasteiger partial charge >= 0.3 is 0 Å². The van der Waals surface area contributed by atoms with Crippen LogP contribution in [0.3, 0.4) is 0 Å². The molecule has 1 rings (SSSR count). The van der Waals surface area contributed by atoms with Crippen LogP contribution < -0.4 is 5.32 Å². The van der Waals surface area contributed by atoms with Gasteiger partial charge in [0.05, 0.1) is 0 Å². The van der Waals surface area contributed by atoms with E-state index >= 15 is 0 Å². The van der Waals surface area contributed by atoms with Crippen LogP contribution >= 0.6 is 0 Å². The second-order valence-corrected chi connectivity index (χ2v) is 4.00. The second-order valence-electron chi connectivity index (χ2n) is 4.00. The first kappa shape index (κ1) is 13.3. The smallest absolute Gasteiger partial charge is 0.265 e. The Balaban J connectivity index is 2.06. The SMILES string of the molecule is O=C(CCN1CCCC1)NCC(O)C(F)F. The van der Waals surface area contributed by atoms with E-state index in [-0.39, 0.29) is 12.5 Å². The van der Waals surface area contributed by atoms with Crippen LogP contribution in [0.1, 0.15) is 19.3 Å². The Bertz CT molecular complexity index is 213. The number of carbonyl (C=O) groups is 1. The molecule has 6 heteroatoms. The monoisotopic (exact) mass is 236 g/mol. The molecule has 16 heavy (non-hydrogen) atoms. The van der Waals surface area contributed by atoms with Crippen molar-refractivity contribution in [2.75, 3.05) is 26.2 Å². The zero-order valence-corrected chi connectivity index (χ0v) is 9.16. The average molecular weight is 236 g/mol. The average Bonchev–Trinajstić information content (AvgIpc) is 2.75. The number of alkyl halides is 2. The number of aliphatic hydroxyl groups excluding tert-OH is 1. The van der Waals surface area contributed by atoms with Crippen LogP contribution in [0, 0.1) is 0 Å². The number of halogens is 2. The molecule has 4 nitrogen and oxygen atoms in total. The van der Waals surface area contributed by atoms with Crippen molar-refractivity contribution in [2.45, 2.75) is 31.8 Å². The summed E-state index contributed by atoms with van der Waals surface area (Å²) in [6.45, 7) is 2.30. The van der Waals surface area contributed by atoms with E-state index in [1.54, 1.807) is 0 Å². The summed E-state index contributed by atoms with van der Waals surface area (Å²) < 4.78 is 23.8. The summed E-state index contributed by atoms with van der Waals surface area (Å²) in [4.78, 5) is 13.4. The lowest BCUT2D eigenvalue weighted by molar-refractivity contribution is -0.122. The number of amides is 1. The summed E-state index contributed by atoms with van der Waals surface area (Å²) in [5, 5.41) is 11.1. The maximum atomic E-state index is 11.9. The Kier molecular flexibility index (Phi) is 5.62. The van der Waals surface area contributed by atoms with Crippen molar-refractivity contribution >= 4 is 5.91 Å². The number of rotatable bonds is 6. The third-order valence-corrected chi connectivity index (χ3v) is 2.65. The largest absolute Gasteiger partial charge is 0.385 e. The third-order valence-electron chi connectivity index (χ3n) is 2.65. The lowest BCUT2D eigenvalue weighted by Crippen LogP contribution is -2.37. The zero-order valence-electron chi connectivity index (χ0n) is 9.16. The molecule has 94 valence electrons. The molecule has 1 amide bonds. The quantitative estimate of drug-likeness (QED) is 0.693.